The molecule has 3 aromatic rings. The van der Waals surface area contributed by atoms with E-state index in [1.807, 2.05) is 6.07 Å². The number of hydrogen-bond donors (Lipinski definition) is 1. The number of benzene rings is 1. The zero-order chi connectivity index (χ0) is 24.8. The molecule has 0 radical (unpaired) electrons. The molecule has 0 aliphatic carbocycles. The van der Waals surface area contributed by atoms with Gasteiger partial charge in [0.2, 0.25) is 5.95 Å². The van der Waals surface area contributed by atoms with E-state index < -0.39 is 0 Å². The molecule has 0 spiro atoms. The van der Waals surface area contributed by atoms with Crippen LogP contribution in [0.2, 0.25) is 0 Å². The molecule has 0 atom stereocenters. The number of pyridine rings is 1. The topological polar surface area (TPSA) is 122 Å². The lowest BCUT2D eigenvalue weighted by molar-refractivity contribution is 0.0254. The van der Waals surface area contributed by atoms with Gasteiger partial charge in [-0.05, 0) is 24.3 Å². The van der Waals surface area contributed by atoms with E-state index >= 15 is 0 Å². The number of carbonyl (C=O) groups excluding carboxylic acids is 1. The Bertz CT molecular complexity index is 1250. The van der Waals surface area contributed by atoms with Crippen LogP contribution in [0, 0.1) is 11.3 Å². The Morgan fingerprint density at radius 1 is 1.17 bits per heavy atom. The van der Waals surface area contributed by atoms with Crippen LogP contribution in [-0.2, 0) is 4.74 Å². The standard InChI is InChI=1S/C25H26N6O4/c1-31(2)24(32)20-13-23(33-3)21(15-28-20)30-25-27-9-6-19(29-25)16-4-5-22(17(12-16)14-26)35-18-7-10-34-11-8-18/h4-6,9,12-13,15,18H,7-8,10-11H2,1-3H3,(H,27,29,30). The summed E-state index contributed by atoms with van der Waals surface area (Å²) in [6.45, 7) is 1.33. The minimum atomic E-state index is -0.231. The summed E-state index contributed by atoms with van der Waals surface area (Å²) < 4.78 is 16.8. The predicted molar refractivity (Wildman–Crippen MR) is 129 cm³/mol. The molecule has 1 aliphatic rings. The van der Waals surface area contributed by atoms with Crippen molar-refractivity contribution in [3.05, 3.63) is 54.0 Å². The molecule has 1 N–H and O–H groups in total. The van der Waals surface area contributed by atoms with E-state index in [1.165, 1.54) is 18.2 Å². The third kappa shape index (κ3) is 5.65. The molecule has 10 nitrogen and oxygen atoms in total. The summed E-state index contributed by atoms with van der Waals surface area (Å²) in [5.41, 5.74) is 2.59. The highest BCUT2D eigenvalue weighted by atomic mass is 16.5. The predicted octanol–water partition coefficient (Wildman–Crippen LogP) is 3.42. The molecular formula is C25H26N6O4. The lowest BCUT2D eigenvalue weighted by Gasteiger charge is -2.23. The molecule has 2 aromatic heterocycles. The van der Waals surface area contributed by atoms with Crippen molar-refractivity contribution in [1.29, 1.82) is 5.26 Å². The van der Waals surface area contributed by atoms with Crippen LogP contribution in [0.5, 0.6) is 11.5 Å². The second-order valence-corrected chi connectivity index (χ2v) is 8.11. The molecule has 1 saturated heterocycles. The summed E-state index contributed by atoms with van der Waals surface area (Å²) in [6, 6.07) is 11.0. The van der Waals surface area contributed by atoms with Crippen LogP contribution in [0.1, 0.15) is 28.9 Å². The third-order valence-corrected chi connectivity index (χ3v) is 5.47. The number of hydrogen-bond acceptors (Lipinski definition) is 9. The average molecular weight is 475 g/mol. The van der Waals surface area contributed by atoms with Crippen molar-refractivity contribution in [2.75, 3.05) is 39.7 Å². The second-order valence-electron chi connectivity index (χ2n) is 8.11. The molecule has 0 unspecified atom stereocenters. The average Bonchev–Trinajstić information content (AvgIpc) is 2.89. The fourth-order valence-corrected chi connectivity index (χ4v) is 3.60. The number of nitrogens with zero attached hydrogens (tertiary/aromatic N) is 5. The fourth-order valence-electron chi connectivity index (χ4n) is 3.60. The summed E-state index contributed by atoms with van der Waals surface area (Å²) in [7, 11) is 4.82. The quantitative estimate of drug-likeness (QED) is 0.549. The van der Waals surface area contributed by atoms with Gasteiger partial charge in [0, 0.05) is 44.8 Å². The molecule has 35 heavy (non-hydrogen) atoms. The third-order valence-electron chi connectivity index (χ3n) is 5.47. The van der Waals surface area contributed by atoms with Gasteiger partial charge in [0.1, 0.15) is 35.1 Å². The van der Waals surface area contributed by atoms with E-state index in [4.69, 9.17) is 14.2 Å². The van der Waals surface area contributed by atoms with Gasteiger partial charge in [0.25, 0.3) is 5.91 Å². The summed E-state index contributed by atoms with van der Waals surface area (Å²) >= 11 is 0. The molecule has 3 heterocycles. The SMILES string of the molecule is COc1cc(C(=O)N(C)C)ncc1Nc1nccc(-c2ccc(OC3CCOCC3)c(C#N)c2)n1. The van der Waals surface area contributed by atoms with Crippen molar-refractivity contribution in [3.8, 4) is 28.8 Å². The molecule has 10 heteroatoms. The van der Waals surface area contributed by atoms with E-state index in [0.717, 1.165) is 18.4 Å². The summed E-state index contributed by atoms with van der Waals surface area (Å²) in [4.78, 5) is 26.7. The van der Waals surface area contributed by atoms with Gasteiger partial charge in [-0.3, -0.25) is 4.79 Å². The first-order valence-electron chi connectivity index (χ1n) is 11.1. The molecule has 180 valence electrons. The molecular weight excluding hydrogens is 448 g/mol. The van der Waals surface area contributed by atoms with Crippen LogP contribution in [0.25, 0.3) is 11.3 Å². The number of aromatic nitrogens is 3. The van der Waals surface area contributed by atoms with E-state index in [9.17, 15) is 10.1 Å². The Morgan fingerprint density at radius 3 is 2.69 bits per heavy atom. The largest absolute Gasteiger partial charge is 0.494 e. The Kier molecular flexibility index (Phi) is 7.38. The van der Waals surface area contributed by atoms with Gasteiger partial charge in [-0.25, -0.2) is 15.0 Å². The maximum atomic E-state index is 12.2. The Morgan fingerprint density at radius 2 is 1.97 bits per heavy atom. The van der Waals surface area contributed by atoms with Crippen molar-refractivity contribution >= 4 is 17.5 Å². The van der Waals surface area contributed by atoms with E-state index in [1.54, 1.807) is 44.6 Å². The molecule has 1 amide bonds. The fraction of sp³-hybridized carbons (Fsp3) is 0.320. The van der Waals surface area contributed by atoms with Gasteiger partial charge in [-0.2, -0.15) is 5.26 Å². The first-order chi connectivity index (χ1) is 17.0. The van der Waals surface area contributed by atoms with E-state index in [-0.39, 0.29) is 17.7 Å². The highest BCUT2D eigenvalue weighted by molar-refractivity contribution is 5.93. The van der Waals surface area contributed by atoms with E-state index in [0.29, 0.717) is 47.6 Å². The van der Waals surface area contributed by atoms with Crippen LogP contribution < -0.4 is 14.8 Å². The van der Waals surface area contributed by atoms with Crippen molar-refractivity contribution in [2.45, 2.75) is 18.9 Å². The number of nitriles is 1. The van der Waals surface area contributed by atoms with Crippen LogP contribution in [0.3, 0.4) is 0 Å². The van der Waals surface area contributed by atoms with Crippen LogP contribution in [-0.4, -0.2) is 66.3 Å². The maximum absolute atomic E-state index is 12.2. The number of ether oxygens (including phenoxy) is 3. The molecule has 0 bridgehead atoms. The van der Waals surface area contributed by atoms with Crippen LogP contribution in [0.15, 0.2) is 42.7 Å². The van der Waals surface area contributed by atoms with Gasteiger partial charge in [0.15, 0.2) is 0 Å². The van der Waals surface area contributed by atoms with Crippen molar-refractivity contribution < 1.29 is 19.0 Å². The van der Waals surface area contributed by atoms with Crippen molar-refractivity contribution in [2.24, 2.45) is 0 Å². The number of methoxy groups -OCH3 is 1. The minimum Gasteiger partial charge on any atom is -0.494 e. The van der Waals surface area contributed by atoms with Gasteiger partial charge in [-0.15, -0.1) is 0 Å². The van der Waals surface area contributed by atoms with Crippen LogP contribution >= 0.6 is 0 Å². The zero-order valence-electron chi connectivity index (χ0n) is 19.8. The van der Waals surface area contributed by atoms with Gasteiger partial charge in [-0.1, -0.05) is 0 Å². The van der Waals surface area contributed by atoms with Crippen molar-refractivity contribution in [3.63, 3.8) is 0 Å². The van der Waals surface area contributed by atoms with Crippen LogP contribution in [0.4, 0.5) is 11.6 Å². The second kappa shape index (κ2) is 10.8. The minimum absolute atomic E-state index is 0.0413. The monoisotopic (exact) mass is 474 g/mol. The van der Waals surface area contributed by atoms with Crippen molar-refractivity contribution in [1.82, 2.24) is 19.9 Å². The van der Waals surface area contributed by atoms with E-state index in [2.05, 4.69) is 26.3 Å². The van der Waals surface area contributed by atoms with Gasteiger partial charge < -0.3 is 24.4 Å². The lowest BCUT2D eigenvalue weighted by Crippen LogP contribution is -2.26. The Labute approximate surface area is 203 Å². The maximum Gasteiger partial charge on any atom is 0.272 e. The van der Waals surface area contributed by atoms with Gasteiger partial charge >= 0.3 is 0 Å². The molecule has 4 rings (SSSR count). The molecule has 1 fully saturated rings. The molecule has 1 aliphatic heterocycles. The Hall–Kier alpha value is -4.23. The number of nitrogens with one attached hydrogen (secondary N) is 1. The summed E-state index contributed by atoms with van der Waals surface area (Å²) in [6.07, 6.45) is 4.76. The molecule has 1 aromatic carbocycles. The number of rotatable bonds is 7. The first kappa shape index (κ1) is 23.9. The normalized spacial score (nSPS) is 13.5. The highest BCUT2D eigenvalue weighted by Crippen LogP contribution is 2.30. The number of carbonyl (C=O) groups is 1. The highest BCUT2D eigenvalue weighted by Gasteiger charge is 2.18. The number of amides is 1. The smallest absolute Gasteiger partial charge is 0.272 e. The Balaban J connectivity index is 1.55. The van der Waals surface area contributed by atoms with Gasteiger partial charge in [0.05, 0.1) is 37.8 Å². The number of anilines is 2. The lowest BCUT2D eigenvalue weighted by atomic mass is 10.1. The first-order valence-corrected chi connectivity index (χ1v) is 11.1. The summed E-state index contributed by atoms with van der Waals surface area (Å²) in [5.74, 6) is 1.07. The summed E-state index contributed by atoms with van der Waals surface area (Å²) in [5, 5.41) is 12.8. The zero-order valence-corrected chi connectivity index (χ0v) is 19.8. The molecule has 0 saturated carbocycles.